The van der Waals surface area contributed by atoms with Crippen LogP contribution in [0.25, 0.3) is 0 Å². The highest BCUT2D eigenvalue weighted by molar-refractivity contribution is 6.12. The van der Waals surface area contributed by atoms with E-state index in [-0.39, 0.29) is 5.56 Å². The molecule has 0 bridgehead atoms. The predicted molar refractivity (Wildman–Crippen MR) is 62.9 cm³/mol. The minimum absolute atomic E-state index is 0.0161. The van der Waals surface area contributed by atoms with Crippen molar-refractivity contribution in [2.45, 2.75) is 25.1 Å². The molecule has 0 unspecified atom stereocenters. The quantitative estimate of drug-likeness (QED) is 0.617. The molecule has 0 spiro atoms. The monoisotopic (exact) mass is 300 g/mol. The van der Waals surface area contributed by atoms with Crippen molar-refractivity contribution >= 4 is 11.7 Å². The molecule has 0 aliphatic heterocycles. The Bertz CT molecular complexity index is 570. The topological polar surface area (TPSA) is 74.3 Å². The van der Waals surface area contributed by atoms with Crippen molar-refractivity contribution in [3.63, 3.8) is 0 Å². The van der Waals surface area contributed by atoms with Crippen molar-refractivity contribution < 1.29 is 27.2 Å². The number of carbonyl (C=O) groups excluding carboxylic acids is 2. The highest BCUT2D eigenvalue weighted by Gasteiger charge is 2.44. The first-order chi connectivity index (χ1) is 9.83. The van der Waals surface area contributed by atoms with Gasteiger partial charge in [0.05, 0.1) is 17.9 Å². The van der Waals surface area contributed by atoms with Crippen molar-refractivity contribution in [2.24, 2.45) is 5.92 Å². The van der Waals surface area contributed by atoms with Gasteiger partial charge >= 0.3 is 6.18 Å². The van der Waals surface area contributed by atoms with Gasteiger partial charge in [0.2, 0.25) is 5.91 Å². The maximum absolute atomic E-state index is 12.5. The largest absolute Gasteiger partial charge is 0.472 e. The summed E-state index contributed by atoms with van der Waals surface area (Å²) in [5.41, 5.74) is -0.0161. The second-order valence-corrected chi connectivity index (χ2v) is 4.75. The van der Waals surface area contributed by atoms with Crippen LogP contribution >= 0.6 is 0 Å². The molecule has 1 saturated carbocycles. The molecule has 0 radical (unpaired) electrons. The summed E-state index contributed by atoms with van der Waals surface area (Å²) in [5.74, 6) is -3.75. The number of ketones is 1. The van der Waals surface area contributed by atoms with E-state index in [0.29, 0.717) is 17.7 Å². The zero-order valence-corrected chi connectivity index (χ0v) is 10.8. The average Bonchev–Trinajstić information content (AvgIpc) is 3.09. The van der Waals surface area contributed by atoms with Crippen LogP contribution in [0.2, 0.25) is 0 Å². The lowest BCUT2D eigenvalue weighted by Crippen LogP contribution is -2.45. The van der Waals surface area contributed by atoms with E-state index in [9.17, 15) is 22.8 Å². The van der Waals surface area contributed by atoms with Gasteiger partial charge in [0.15, 0.2) is 11.7 Å². The fraction of sp³-hybridized carbons (Fsp3) is 0.462. The molecular formula is C13H11F3N2O3. The maximum atomic E-state index is 12.5. The van der Waals surface area contributed by atoms with Crippen molar-refractivity contribution in [3.8, 4) is 6.07 Å². The Balaban J connectivity index is 2.18. The Morgan fingerprint density at radius 3 is 2.57 bits per heavy atom. The van der Waals surface area contributed by atoms with Crippen LogP contribution in [-0.4, -0.2) is 35.4 Å². The fourth-order valence-corrected chi connectivity index (χ4v) is 1.93. The third-order valence-corrected chi connectivity index (χ3v) is 3.06. The highest BCUT2D eigenvalue weighted by atomic mass is 19.4. The number of amides is 1. The third kappa shape index (κ3) is 3.62. The summed E-state index contributed by atoms with van der Waals surface area (Å²) in [7, 11) is 0. The van der Waals surface area contributed by atoms with Gasteiger partial charge in [-0.15, -0.1) is 0 Å². The van der Waals surface area contributed by atoms with Crippen molar-refractivity contribution in [1.29, 1.82) is 5.26 Å². The van der Waals surface area contributed by atoms with Crippen molar-refractivity contribution in [1.82, 2.24) is 4.90 Å². The molecule has 112 valence electrons. The average molecular weight is 300 g/mol. The SMILES string of the molecule is N#C[C@@H](C(=O)c1ccoc1)C(=O)N(CC(F)(F)F)C1CC1. The van der Waals surface area contributed by atoms with Gasteiger partial charge in [-0.3, -0.25) is 9.59 Å². The number of alkyl halides is 3. The second kappa shape index (κ2) is 5.60. The molecule has 1 atom stereocenters. The first-order valence-corrected chi connectivity index (χ1v) is 6.16. The zero-order valence-electron chi connectivity index (χ0n) is 10.8. The van der Waals surface area contributed by atoms with Crippen LogP contribution in [0.5, 0.6) is 0 Å². The first-order valence-electron chi connectivity index (χ1n) is 6.16. The number of furan rings is 1. The molecule has 0 aromatic carbocycles. The summed E-state index contributed by atoms with van der Waals surface area (Å²) in [4.78, 5) is 24.7. The summed E-state index contributed by atoms with van der Waals surface area (Å²) in [6, 6.07) is 2.20. The van der Waals surface area contributed by atoms with Gasteiger partial charge in [0.1, 0.15) is 12.8 Å². The third-order valence-electron chi connectivity index (χ3n) is 3.06. The lowest BCUT2D eigenvalue weighted by Gasteiger charge is -2.25. The number of hydrogen-bond acceptors (Lipinski definition) is 4. The van der Waals surface area contributed by atoms with Crippen molar-refractivity contribution in [2.75, 3.05) is 6.54 Å². The molecule has 1 aliphatic rings. The van der Waals surface area contributed by atoms with E-state index < -0.39 is 36.4 Å². The lowest BCUT2D eigenvalue weighted by molar-refractivity contribution is -0.163. The Hall–Kier alpha value is -2.30. The van der Waals surface area contributed by atoms with Crippen LogP contribution in [0.1, 0.15) is 23.2 Å². The van der Waals surface area contributed by atoms with Gasteiger partial charge in [-0.1, -0.05) is 0 Å². The van der Waals surface area contributed by atoms with Crippen LogP contribution in [0.15, 0.2) is 23.0 Å². The number of nitriles is 1. The second-order valence-electron chi connectivity index (χ2n) is 4.75. The van der Waals surface area contributed by atoms with E-state index in [0.717, 1.165) is 6.26 Å². The molecule has 1 aliphatic carbocycles. The molecule has 1 aromatic heterocycles. The molecule has 1 fully saturated rings. The van der Waals surface area contributed by atoms with Gasteiger partial charge < -0.3 is 9.32 Å². The summed E-state index contributed by atoms with van der Waals surface area (Å²) < 4.78 is 42.2. The lowest BCUT2D eigenvalue weighted by atomic mass is 9.99. The Morgan fingerprint density at radius 2 is 2.14 bits per heavy atom. The first kappa shape index (κ1) is 15.1. The fourth-order valence-electron chi connectivity index (χ4n) is 1.93. The normalized spacial score (nSPS) is 16.1. The molecule has 1 heterocycles. The molecule has 5 nitrogen and oxygen atoms in total. The summed E-state index contributed by atoms with van der Waals surface area (Å²) in [6.07, 6.45) is -1.46. The predicted octanol–water partition coefficient (Wildman–Crippen LogP) is 2.16. The molecule has 1 aromatic rings. The minimum Gasteiger partial charge on any atom is -0.472 e. The minimum atomic E-state index is -4.57. The number of Topliss-reactive ketones (excluding diaryl/α,β-unsaturated/α-hetero) is 1. The number of hydrogen-bond donors (Lipinski definition) is 0. The smallest absolute Gasteiger partial charge is 0.406 e. The number of rotatable bonds is 5. The molecule has 2 rings (SSSR count). The Kier molecular flexibility index (Phi) is 4.02. The molecular weight excluding hydrogens is 289 g/mol. The standard InChI is InChI=1S/C13H11F3N2O3/c14-13(15,16)7-18(9-1-2-9)12(20)10(5-17)11(19)8-3-4-21-6-8/h3-4,6,9-10H,1-2,7H2/t10-/m0/s1. The maximum Gasteiger partial charge on any atom is 0.406 e. The number of carbonyl (C=O) groups is 2. The van der Waals surface area contributed by atoms with E-state index >= 15 is 0 Å². The summed E-state index contributed by atoms with van der Waals surface area (Å²) in [5, 5.41) is 8.98. The van der Waals surface area contributed by atoms with Crippen LogP contribution in [-0.2, 0) is 4.79 Å². The number of halogens is 3. The van der Waals surface area contributed by atoms with Crippen LogP contribution in [0.4, 0.5) is 13.2 Å². The van der Waals surface area contributed by atoms with Gasteiger partial charge in [0.25, 0.3) is 0 Å². The molecule has 1 amide bonds. The highest BCUT2D eigenvalue weighted by Crippen LogP contribution is 2.31. The van der Waals surface area contributed by atoms with E-state index in [1.165, 1.54) is 18.4 Å². The summed E-state index contributed by atoms with van der Waals surface area (Å²) in [6.45, 7) is -1.45. The van der Waals surface area contributed by atoms with Crippen LogP contribution in [0, 0.1) is 17.2 Å². The van der Waals surface area contributed by atoms with E-state index in [4.69, 9.17) is 5.26 Å². The van der Waals surface area contributed by atoms with E-state index in [1.54, 1.807) is 0 Å². The molecule has 0 saturated heterocycles. The van der Waals surface area contributed by atoms with Gasteiger partial charge in [-0.05, 0) is 18.9 Å². The van der Waals surface area contributed by atoms with Crippen LogP contribution < -0.4 is 0 Å². The molecule has 8 heteroatoms. The molecule has 21 heavy (non-hydrogen) atoms. The Labute approximate surface area is 117 Å². The Morgan fingerprint density at radius 1 is 1.48 bits per heavy atom. The number of nitrogens with zero attached hydrogens (tertiary/aromatic N) is 2. The van der Waals surface area contributed by atoms with E-state index in [2.05, 4.69) is 4.42 Å². The van der Waals surface area contributed by atoms with E-state index in [1.807, 2.05) is 0 Å². The van der Waals surface area contributed by atoms with Gasteiger partial charge in [-0.25, -0.2) is 0 Å². The van der Waals surface area contributed by atoms with Gasteiger partial charge in [0, 0.05) is 6.04 Å². The van der Waals surface area contributed by atoms with Crippen LogP contribution in [0.3, 0.4) is 0 Å². The molecule has 0 N–H and O–H groups in total. The van der Waals surface area contributed by atoms with Gasteiger partial charge in [-0.2, -0.15) is 18.4 Å². The summed E-state index contributed by atoms with van der Waals surface area (Å²) >= 11 is 0. The van der Waals surface area contributed by atoms with Crippen molar-refractivity contribution in [3.05, 3.63) is 24.2 Å². The zero-order chi connectivity index (χ0) is 15.6.